The van der Waals surface area contributed by atoms with Gasteiger partial charge in [-0.2, -0.15) is 0 Å². The lowest BCUT2D eigenvalue weighted by molar-refractivity contribution is 0.0946. The average molecular weight is 311 g/mol. The van der Waals surface area contributed by atoms with Crippen molar-refractivity contribution < 1.29 is 9.53 Å². The van der Waals surface area contributed by atoms with Gasteiger partial charge in [0.1, 0.15) is 5.75 Å². The zero-order valence-corrected chi connectivity index (χ0v) is 14.0. The fourth-order valence-electron chi connectivity index (χ4n) is 2.30. The predicted molar refractivity (Wildman–Crippen MR) is 93.8 cm³/mol. The Kier molecular flexibility index (Phi) is 6.67. The molecule has 0 aliphatic carbocycles. The van der Waals surface area contributed by atoms with Gasteiger partial charge in [0.2, 0.25) is 0 Å². The summed E-state index contributed by atoms with van der Waals surface area (Å²) >= 11 is 0. The molecule has 1 amide bonds. The van der Waals surface area contributed by atoms with Crippen molar-refractivity contribution in [3.63, 3.8) is 0 Å². The number of benzene rings is 2. The van der Waals surface area contributed by atoms with Gasteiger partial charge in [-0.05, 0) is 31.0 Å². The molecular formula is C20H25NO2. The number of aryl methyl sites for hydroxylation is 1. The third kappa shape index (κ3) is 5.44. The second kappa shape index (κ2) is 8.99. The summed E-state index contributed by atoms with van der Waals surface area (Å²) in [6.07, 6.45) is 3.31. The third-order valence-electron chi connectivity index (χ3n) is 3.71. The summed E-state index contributed by atoms with van der Waals surface area (Å²) in [5.74, 6) is 0.557. The summed E-state index contributed by atoms with van der Waals surface area (Å²) < 4.78 is 5.77. The van der Waals surface area contributed by atoms with Gasteiger partial charge in [0.25, 0.3) is 5.91 Å². The van der Waals surface area contributed by atoms with Crippen molar-refractivity contribution in [2.24, 2.45) is 0 Å². The monoisotopic (exact) mass is 311 g/mol. The first-order valence-electron chi connectivity index (χ1n) is 8.26. The summed E-state index contributed by atoms with van der Waals surface area (Å²) in [6, 6.07) is 15.6. The molecule has 0 radical (unpaired) electrons. The van der Waals surface area contributed by atoms with Crippen LogP contribution < -0.4 is 10.1 Å². The largest absolute Gasteiger partial charge is 0.493 e. The zero-order valence-electron chi connectivity index (χ0n) is 14.0. The predicted octanol–water partition coefficient (Wildman–Crippen LogP) is 4.49. The molecule has 0 aliphatic heterocycles. The van der Waals surface area contributed by atoms with E-state index in [0.29, 0.717) is 24.5 Å². The highest BCUT2D eigenvalue weighted by atomic mass is 16.5. The highest BCUT2D eigenvalue weighted by molar-refractivity contribution is 5.96. The number of carbonyl (C=O) groups is 1. The lowest BCUT2D eigenvalue weighted by Crippen LogP contribution is -2.23. The topological polar surface area (TPSA) is 38.3 Å². The second-order valence-electron chi connectivity index (χ2n) is 5.72. The molecule has 0 atom stereocenters. The maximum Gasteiger partial charge on any atom is 0.255 e. The Morgan fingerprint density at radius 3 is 2.52 bits per heavy atom. The molecule has 0 saturated heterocycles. The minimum Gasteiger partial charge on any atom is -0.493 e. The first-order chi connectivity index (χ1) is 11.2. The van der Waals surface area contributed by atoms with Gasteiger partial charge in [-0.1, -0.05) is 61.7 Å². The summed E-state index contributed by atoms with van der Waals surface area (Å²) in [4.78, 5) is 12.4. The van der Waals surface area contributed by atoms with Crippen molar-refractivity contribution >= 4 is 5.91 Å². The van der Waals surface area contributed by atoms with Crippen LogP contribution in [0.5, 0.6) is 5.75 Å². The van der Waals surface area contributed by atoms with Gasteiger partial charge in [-0.25, -0.2) is 0 Å². The lowest BCUT2D eigenvalue weighted by Gasteiger charge is -2.11. The van der Waals surface area contributed by atoms with E-state index in [1.54, 1.807) is 6.07 Å². The molecule has 1 N–H and O–H groups in total. The van der Waals surface area contributed by atoms with Crippen molar-refractivity contribution in [1.29, 1.82) is 0 Å². The standard InChI is InChI=1S/C20H25NO2/c1-3-4-7-14-23-19-9-6-5-8-18(19)20(22)21-15-17-12-10-16(2)11-13-17/h5-6,8-13H,3-4,7,14-15H2,1-2H3,(H,21,22). The van der Waals surface area contributed by atoms with Crippen LogP contribution in [-0.4, -0.2) is 12.5 Å². The molecule has 3 heteroatoms. The first-order valence-corrected chi connectivity index (χ1v) is 8.26. The molecule has 0 spiro atoms. The van der Waals surface area contributed by atoms with Gasteiger partial charge in [-0.3, -0.25) is 4.79 Å². The van der Waals surface area contributed by atoms with Gasteiger partial charge in [0.15, 0.2) is 0 Å². The molecule has 0 fully saturated rings. The van der Waals surface area contributed by atoms with Gasteiger partial charge in [0.05, 0.1) is 12.2 Å². The van der Waals surface area contributed by atoms with Gasteiger partial charge in [-0.15, -0.1) is 0 Å². The number of rotatable bonds is 8. The molecule has 0 aliphatic rings. The van der Waals surface area contributed by atoms with Crippen LogP contribution in [0.25, 0.3) is 0 Å². The average Bonchev–Trinajstić information content (AvgIpc) is 2.58. The lowest BCUT2D eigenvalue weighted by atomic mass is 10.1. The van der Waals surface area contributed by atoms with Gasteiger partial charge >= 0.3 is 0 Å². The summed E-state index contributed by atoms with van der Waals surface area (Å²) in [5.41, 5.74) is 2.90. The van der Waals surface area contributed by atoms with Crippen molar-refractivity contribution in [1.82, 2.24) is 5.32 Å². The van der Waals surface area contributed by atoms with Crippen LogP contribution in [0, 0.1) is 6.92 Å². The Morgan fingerprint density at radius 1 is 1.04 bits per heavy atom. The van der Waals surface area contributed by atoms with Crippen molar-refractivity contribution in [2.45, 2.75) is 39.7 Å². The number of ether oxygens (including phenoxy) is 1. The fourth-order valence-corrected chi connectivity index (χ4v) is 2.30. The highest BCUT2D eigenvalue weighted by Crippen LogP contribution is 2.18. The molecule has 0 bridgehead atoms. The molecule has 0 aromatic heterocycles. The van der Waals surface area contributed by atoms with Crippen LogP contribution in [0.4, 0.5) is 0 Å². The van der Waals surface area contributed by atoms with Crippen LogP contribution >= 0.6 is 0 Å². The normalized spacial score (nSPS) is 10.3. The van der Waals surface area contributed by atoms with E-state index in [4.69, 9.17) is 4.74 Å². The molecule has 2 aromatic carbocycles. The number of hydrogen-bond donors (Lipinski definition) is 1. The molecule has 2 rings (SSSR count). The SMILES string of the molecule is CCCCCOc1ccccc1C(=O)NCc1ccc(C)cc1. The first kappa shape index (κ1) is 17.1. The summed E-state index contributed by atoms with van der Waals surface area (Å²) in [5, 5.41) is 2.96. The highest BCUT2D eigenvalue weighted by Gasteiger charge is 2.11. The summed E-state index contributed by atoms with van der Waals surface area (Å²) in [6.45, 7) is 5.38. The fraction of sp³-hybridized carbons (Fsp3) is 0.350. The number of para-hydroxylation sites is 1. The Labute approximate surface area is 138 Å². The summed E-state index contributed by atoms with van der Waals surface area (Å²) in [7, 11) is 0. The Bertz CT molecular complexity index is 620. The van der Waals surface area contributed by atoms with E-state index in [1.165, 1.54) is 5.56 Å². The third-order valence-corrected chi connectivity index (χ3v) is 3.71. The van der Waals surface area contributed by atoms with E-state index in [-0.39, 0.29) is 5.91 Å². The van der Waals surface area contributed by atoms with Crippen LogP contribution in [0.3, 0.4) is 0 Å². The van der Waals surface area contributed by atoms with Gasteiger partial charge < -0.3 is 10.1 Å². The number of amides is 1. The molecule has 122 valence electrons. The molecule has 0 heterocycles. The molecular weight excluding hydrogens is 286 g/mol. The van der Waals surface area contributed by atoms with E-state index in [0.717, 1.165) is 24.8 Å². The van der Waals surface area contributed by atoms with E-state index in [2.05, 4.69) is 19.2 Å². The Hall–Kier alpha value is -2.29. The van der Waals surface area contributed by atoms with Crippen LogP contribution in [0.15, 0.2) is 48.5 Å². The molecule has 3 nitrogen and oxygen atoms in total. The molecule has 23 heavy (non-hydrogen) atoms. The van der Waals surface area contributed by atoms with E-state index in [9.17, 15) is 4.79 Å². The van der Waals surface area contributed by atoms with E-state index < -0.39 is 0 Å². The maximum absolute atomic E-state index is 12.4. The van der Waals surface area contributed by atoms with Crippen molar-refractivity contribution in [2.75, 3.05) is 6.61 Å². The van der Waals surface area contributed by atoms with Crippen LogP contribution in [0.2, 0.25) is 0 Å². The maximum atomic E-state index is 12.4. The smallest absolute Gasteiger partial charge is 0.255 e. The number of unbranched alkanes of at least 4 members (excludes halogenated alkanes) is 2. The Balaban J connectivity index is 1.94. The number of carbonyl (C=O) groups excluding carboxylic acids is 1. The zero-order chi connectivity index (χ0) is 16.5. The van der Waals surface area contributed by atoms with Crippen molar-refractivity contribution in [3.8, 4) is 5.75 Å². The Morgan fingerprint density at radius 2 is 1.78 bits per heavy atom. The van der Waals surface area contributed by atoms with Gasteiger partial charge in [0, 0.05) is 6.54 Å². The number of nitrogens with one attached hydrogen (secondary N) is 1. The van der Waals surface area contributed by atoms with Crippen molar-refractivity contribution in [3.05, 3.63) is 65.2 Å². The van der Waals surface area contributed by atoms with E-state index >= 15 is 0 Å². The number of hydrogen-bond acceptors (Lipinski definition) is 2. The quantitative estimate of drug-likeness (QED) is 0.729. The minimum absolute atomic E-state index is 0.100. The molecule has 0 saturated carbocycles. The van der Waals surface area contributed by atoms with Crippen LogP contribution in [0.1, 0.15) is 47.7 Å². The molecule has 0 unspecified atom stereocenters. The van der Waals surface area contributed by atoms with Crippen LogP contribution in [-0.2, 0) is 6.54 Å². The molecule has 2 aromatic rings. The minimum atomic E-state index is -0.100. The van der Waals surface area contributed by atoms with E-state index in [1.807, 2.05) is 42.5 Å². The second-order valence-corrected chi connectivity index (χ2v) is 5.72.